The van der Waals surface area contributed by atoms with E-state index in [4.69, 9.17) is 4.74 Å². The fraction of sp³-hybridized carbons (Fsp3) is 0.316. The Kier molecular flexibility index (Phi) is 6.18. The molecule has 128 valence electrons. The van der Waals surface area contributed by atoms with Gasteiger partial charge in [0, 0.05) is 20.1 Å². The van der Waals surface area contributed by atoms with E-state index in [1.54, 1.807) is 27.1 Å². The van der Waals surface area contributed by atoms with Crippen molar-refractivity contribution >= 4 is 5.96 Å². The topological polar surface area (TPSA) is 45.7 Å². The van der Waals surface area contributed by atoms with Crippen LogP contribution in [0.1, 0.15) is 22.3 Å². The number of rotatable bonds is 5. The van der Waals surface area contributed by atoms with Crippen LogP contribution in [0, 0.1) is 19.7 Å². The van der Waals surface area contributed by atoms with Gasteiger partial charge in [0.25, 0.3) is 0 Å². The number of ether oxygens (including phenoxy) is 1. The lowest BCUT2D eigenvalue weighted by Gasteiger charge is -2.13. The summed E-state index contributed by atoms with van der Waals surface area (Å²) in [5.74, 6) is 1.40. The van der Waals surface area contributed by atoms with Gasteiger partial charge >= 0.3 is 0 Å². The molecule has 0 aromatic heterocycles. The van der Waals surface area contributed by atoms with Crippen LogP contribution in [-0.2, 0) is 13.1 Å². The van der Waals surface area contributed by atoms with Crippen LogP contribution >= 0.6 is 0 Å². The molecule has 24 heavy (non-hydrogen) atoms. The molecule has 0 fully saturated rings. The van der Waals surface area contributed by atoms with Crippen LogP contribution in [0.2, 0.25) is 0 Å². The standard InChI is InChI=1S/C19H24FN3O/c1-13-9-15(5-7-17(13)20)11-22-19(21-3)23-12-16-6-8-18(24-4)14(2)10-16/h5-10H,11-12H2,1-4H3,(H2,21,22,23). The van der Waals surface area contributed by atoms with Gasteiger partial charge in [0.05, 0.1) is 7.11 Å². The highest BCUT2D eigenvalue weighted by atomic mass is 19.1. The van der Waals surface area contributed by atoms with Gasteiger partial charge in [0.1, 0.15) is 11.6 Å². The Morgan fingerprint density at radius 1 is 1.00 bits per heavy atom. The van der Waals surface area contributed by atoms with Gasteiger partial charge in [-0.3, -0.25) is 4.99 Å². The second-order valence-electron chi connectivity index (χ2n) is 5.67. The number of guanidine groups is 1. The molecule has 0 atom stereocenters. The molecule has 0 aliphatic carbocycles. The van der Waals surface area contributed by atoms with E-state index in [0.717, 1.165) is 22.4 Å². The van der Waals surface area contributed by atoms with Crippen molar-refractivity contribution in [2.24, 2.45) is 4.99 Å². The molecule has 0 bridgehead atoms. The molecule has 0 unspecified atom stereocenters. The molecule has 0 heterocycles. The number of hydrogen-bond acceptors (Lipinski definition) is 2. The first-order valence-electron chi connectivity index (χ1n) is 7.86. The van der Waals surface area contributed by atoms with Gasteiger partial charge in [-0.2, -0.15) is 0 Å². The number of nitrogens with one attached hydrogen (secondary N) is 2. The fourth-order valence-corrected chi connectivity index (χ4v) is 2.46. The number of nitrogens with zero attached hydrogens (tertiary/aromatic N) is 1. The van der Waals surface area contributed by atoms with Gasteiger partial charge in [-0.25, -0.2) is 4.39 Å². The molecule has 2 aromatic carbocycles. The fourth-order valence-electron chi connectivity index (χ4n) is 2.46. The van der Waals surface area contributed by atoms with Crippen molar-refractivity contribution in [3.8, 4) is 5.75 Å². The van der Waals surface area contributed by atoms with Gasteiger partial charge in [-0.05, 0) is 48.2 Å². The van der Waals surface area contributed by atoms with E-state index in [1.807, 2.05) is 25.1 Å². The lowest BCUT2D eigenvalue weighted by Crippen LogP contribution is -2.36. The van der Waals surface area contributed by atoms with Crippen molar-refractivity contribution in [3.05, 3.63) is 64.5 Å². The quantitative estimate of drug-likeness (QED) is 0.653. The maximum Gasteiger partial charge on any atom is 0.191 e. The Hall–Kier alpha value is -2.56. The van der Waals surface area contributed by atoms with Gasteiger partial charge in [-0.1, -0.05) is 24.3 Å². The van der Waals surface area contributed by atoms with Crippen LogP contribution in [-0.4, -0.2) is 20.1 Å². The number of benzene rings is 2. The average molecular weight is 329 g/mol. The van der Waals surface area contributed by atoms with Crippen LogP contribution in [0.5, 0.6) is 5.75 Å². The van der Waals surface area contributed by atoms with Crippen molar-refractivity contribution in [1.82, 2.24) is 10.6 Å². The second-order valence-corrected chi connectivity index (χ2v) is 5.67. The zero-order chi connectivity index (χ0) is 17.5. The molecule has 0 saturated carbocycles. The number of aliphatic imine (C=N–C) groups is 1. The predicted octanol–water partition coefficient (Wildman–Crippen LogP) is 3.32. The number of halogens is 1. The zero-order valence-electron chi connectivity index (χ0n) is 14.6. The van der Waals surface area contributed by atoms with Gasteiger partial charge < -0.3 is 15.4 Å². The van der Waals surface area contributed by atoms with E-state index in [2.05, 4.69) is 21.7 Å². The van der Waals surface area contributed by atoms with E-state index in [9.17, 15) is 4.39 Å². The summed E-state index contributed by atoms with van der Waals surface area (Å²) in [5.41, 5.74) is 3.90. The molecule has 5 heteroatoms. The van der Waals surface area contributed by atoms with E-state index < -0.39 is 0 Å². The van der Waals surface area contributed by atoms with E-state index in [0.29, 0.717) is 24.6 Å². The monoisotopic (exact) mass is 329 g/mol. The molecule has 0 saturated heterocycles. The Bertz CT molecular complexity index is 729. The summed E-state index contributed by atoms with van der Waals surface area (Å²) in [7, 11) is 3.40. The molecule has 0 aliphatic rings. The van der Waals surface area contributed by atoms with Crippen molar-refractivity contribution in [1.29, 1.82) is 0 Å². The van der Waals surface area contributed by atoms with E-state index in [-0.39, 0.29) is 5.82 Å². The SMILES string of the molecule is CN=C(NCc1ccc(F)c(C)c1)NCc1ccc(OC)c(C)c1. The minimum absolute atomic E-state index is 0.184. The normalized spacial score (nSPS) is 11.3. The number of methoxy groups -OCH3 is 1. The highest BCUT2D eigenvalue weighted by Crippen LogP contribution is 2.18. The van der Waals surface area contributed by atoms with Crippen molar-refractivity contribution < 1.29 is 9.13 Å². The number of hydrogen-bond donors (Lipinski definition) is 2. The van der Waals surface area contributed by atoms with Crippen LogP contribution < -0.4 is 15.4 Å². The summed E-state index contributed by atoms with van der Waals surface area (Å²) in [4.78, 5) is 4.21. The lowest BCUT2D eigenvalue weighted by molar-refractivity contribution is 0.411. The smallest absolute Gasteiger partial charge is 0.191 e. The van der Waals surface area contributed by atoms with E-state index >= 15 is 0 Å². The molecule has 2 aromatic rings. The highest BCUT2D eigenvalue weighted by Gasteiger charge is 2.03. The molecule has 0 spiro atoms. The first kappa shape index (κ1) is 17.8. The minimum atomic E-state index is -0.184. The summed E-state index contributed by atoms with van der Waals surface area (Å²) in [6, 6.07) is 11.2. The molecule has 0 radical (unpaired) electrons. The van der Waals surface area contributed by atoms with Gasteiger partial charge in [0.15, 0.2) is 5.96 Å². The summed E-state index contributed by atoms with van der Waals surface area (Å²) in [5, 5.41) is 6.50. The molecular weight excluding hydrogens is 305 g/mol. The summed E-state index contributed by atoms with van der Waals surface area (Å²) in [6.07, 6.45) is 0. The number of aryl methyl sites for hydroxylation is 2. The van der Waals surface area contributed by atoms with E-state index in [1.165, 1.54) is 6.07 Å². The van der Waals surface area contributed by atoms with Crippen molar-refractivity contribution in [2.75, 3.05) is 14.2 Å². The van der Waals surface area contributed by atoms with Gasteiger partial charge in [-0.15, -0.1) is 0 Å². The third-order valence-electron chi connectivity index (χ3n) is 3.83. The molecule has 2 N–H and O–H groups in total. The average Bonchev–Trinajstić information content (AvgIpc) is 2.58. The van der Waals surface area contributed by atoms with Crippen molar-refractivity contribution in [3.63, 3.8) is 0 Å². The Labute approximate surface area is 142 Å². The molecular formula is C19H24FN3O. The predicted molar refractivity (Wildman–Crippen MR) is 95.9 cm³/mol. The summed E-state index contributed by atoms with van der Waals surface area (Å²) < 4.78 is 18.6. The maximum absolute atomic E-state index is 13.3. The molecule has 2 rings (SSSR count). The van der Waals surface area contributed by atoms with Crippen LogP contribution in [0.4, 0.5) is 4.39 Å². The summed E-state index contributed by atoms with van der Waals surface area (Å²) >= 11 is 0. The first-order valence-corrected chi connectivity index (χ1v) is 7.86. The Balaban J connectivity index is 1.90. The minimum Gasteiger partial charge on any atom is -0.496 e. The Morgan fingerprint density at radius 2 is 1.58 bits per heavy atom. The molecule has 4 nitrogen and oxygen atoms in total. The first-order chi connectivity index (χ1) is 11.5. The van der Waals surface area contributed by atoms with Crippen LogP contribution in [0.25, 0.3) is 0 Å². The second kappa shape index (κ2) is 8.34. The largest absolute Gasteiger partial charge is 0.496 e. The van der Waals surface area contributed by atoms with Crippen LogP contribution in [0.15, 0.2) is 41.4 Å². The van der Waals surface area contributed by atoms with Gasteiger partial charge in [0.2, 0.25) is 0 Å². The van der Waals surface area contributed by atoms with Crippen molar-refractivity contribution in [2.45, 2.75) is 26.9 Å². The molecule has 0 aliphatic heterocycles. The summed E-state index contributed by atoms with van der Waals surface area (Å²) in [6.45, 7) is 5.03. The zero-order valence-corrected chi connectivity index (χ0v) is 14.6. The third-order valence-corrected chi connectivity index (χ3v) is 3.83. The lowest BCUT2D eigenvalue weighted by atomic mass is 10.1. The maximum atomic E-state index is 13.3. The highest BCUT2D eigenvalue weighted by molar-refractivity contribution is 5.79. The third kappa shape index (κ3) is 4.72. The molecule has 0 amide bonds. The van der Waals surface area contributed by atoms with Crippen LogP contribution in [0.3, 0.4) is 0 Å². The Morgan fingerprint density at radius 3 is 2.08 bits per heavy atom.